The molecular weight excluding hydrogens is 605 g/mol. The fourth-order valence-electron chi connectivity index (χ4n) is 4.30. The lowest BCUT2D eigenvalue weighted by Crippen LogP contribution is -2.54. The third-order valence-electron chi connectivity index (χ3n) is 6.65. The Kier molecular flexibility index (Phi) is 11.5. The number of benzene rings is 3. The fraction of sp³-hybridized carbons (Fsp3) is 0.333. The molecule has 0 aromatic heterocycles. The average Bonchev–Trinajstić information content (AvgIpc) is 2.91. The summed E-state index contributed by atoms with van der Waals surface area (Å²) in [4.78, 5) is 29.3. The number of halogens is 3. The van der Waals surface area contributed by atoms with Crippen LogP contribution in [0.3, 0.4) is 0 Å². The molecule has 0 spiro atoms. The molecule has 1 N–H and O–H groups in total. The van der Waals surface area contributed by atoms with E-state index < -0.39 is 28.5 Å². The molecule has 0 unspecified atom stereocenters. The van der Waals surface area contributed by atoms with Crippen LogP contribution in [0.1, 0.15) is 37.0 Å². The molecule has 3 aromatic carbocycles. The summed E-state index contributed by atoms with van der Waals surface area (Å²) in [5.74, 6) is -0.915. The smallest absolute Gasteiger partial charge is 0.244 e. The maximum atomic E-state index is 14.2. The van der Waals surface area contributed by atoms with E-state index in [-0.39, 0.29) is 45.7 Å². The van der Waals surface area contributed by atoms with Crippen LogP contribution in [0.5, 0.6) is 0 Å². The molecule has 0 heterocycles. The second kappa shape index (κ2) is 14.4. The Labute approximate surface area is 257 Å². The van der Waals surface area contributed by atoms with E-state index in [9.17, 15) is 18.0 Å². The number of rotatable bonds is 12. The van der Waals surface area contributed by atoms with Crippen molar-refractivity contribution in [2.24, 2.45) is 0 Å². The molecule has 0 aliphatic carbocycles. The molecule has 0 saturated heterocycles. The van der Waals surface area contributed by atoms with Crippen molar-refractivity contribution >= 4 is 62.3 Å². The van der Waals surface area contributed by atoms with Crippen LogP contribution in [0, 0.1) is 6.92 Å². The fourth-order valence-corrected chi connectivity index (χ4v) is 5.85. The molecule has 3 rings (SSSR count). The number of hydrogen-bond acceptors (Lipinski definition) is 4. The van der Waals surface area contributed by atoms with Gasteiger partial charge >= 0.3 is 0 Å². The van der Waals surface area contributed by atoms with Crippen molar-refractivity contribution in [1.29, 1.82) is 0 Å². The van der Waals surface area contributed by atoms with Gasteiger partial charge in [0.15, 0.2) is 0 Å². The topological polar surface area (TPSA) is 86.8 Å². The van der Waals surface area contributed by atoms with Crippen molar-refractivity contribution in [3.8, 4) is 0 Å². The van der Waals surface area contributed by atoms with Crippen LogP contribution in [-0.4, -0.2) is 50.0 Å². The summed E-state index contributed by atoms with van der Waals surface area (Å²) in [5.41, 5.74) is 2.65. The summed E-state index contributed by atoms with van der Waals surface area (Å²) in [6, 6.07) is 18.6. The zero-order chi connectivity index (χ0) is 30.3. The molecule has 220 valence electrons. The first kappa shape index (κ1) is 32.7. The lowest BCUT2D eigenvalue weighted by Gasteiger charge is -2.34. The van der Waals surface area contributed by atoms with Crippen molar-refractivity contribution in [2.45, 2.75) is 52.2 Å². The molecule has 0 saturated carbocycles. The van der Waals surface area contributed by atoms with E-state index in [2.05, 4.69) is 5.32 Å². The zero-order valence-corrected chi connectivity index (χ0v) is 26.5. The van der Waals surface area contributed by atoms with Gasteiger partial charge in [-0.1, -0.05) is 102 Å². The SMILES string of the molecule is CC[C@H](C)NC(=O)[C@H](Cc1ccccc1)N(Cc1cccc(C)c1)C(=O)CN(c1cc(Cl)c(Cl)cc1Cl)S(C)(=O)=O. The lowest BCUT2D eigenvalue weighted by molar-refractivity contribution is -0.140. The Bertz CT molecular complexity index is 1490. The van der Waals surface area contributed by atoms with Crippen molar-refractivity contribution < 1.29 is 18.0 Å². The second-order valence-electron chi connectivity index (χ2n) is 10.0. The predicted molar refractivity (Wildman–Crippen MR) is 167 cm³/mol. The molecule has 3 aromatic rings. The molecule has 0 fully saturated rings. The number of nitrogens with zero attached hydrogens (tertiary/aromatic N) is 2. The number of aryl methyl sites for hydroxylation is 1. The highest BCUT2D eigenvalue weighted by atomic mass is 35.5. The van der Waals surface area contributed by atoms with Crippen LogP contribution < -0.4 is 9.62 Å². The van der Waals surface area contributed by atoms with Gasteiger partial charge in [0.05, 0.1) is 27.0 Å². The summed E-state index contributed by atoms with van der Waals surface area (Å²) in [7, 11) is -4.01. The van der Waals surface area contributed by atoms with Crippen LogP contribution in [0.25, 0.3) is 0 Å². The lowest BCUT2D eigenvalue weighted by atomic mass is 10.0. The van der Waals surface area contributed by atoms with Crippen molar-refractivity contribution in [3.63, 3.8) is 0 Å². The Morgan fingerprint density at radius 1 is 0.902 bits per heavy atom. The summed E-state index contributed by atoms with van der Waals surface area (Å²) in [5, 5.41) is 3.24. The highest BCUT2D eigenvalue weighted by Gasteiger charge is 2.34. The van der Waals surface area contributed by atoms with E-state index in [4.69, 9.17) is 34.8 Å². The Morgan fingerprint density at radius 2 is 1.54 bits per heavy atom. The zero-order valence-electron chi connectivity index (χ0n) is 23.4. The molecule has 0 aliphatic rings. The predicted octanol–water partition coefficient (Wildman–Crippen LogP) is 6.28. The van der Waals surface area contributed by atoms with E-state index in [0.717, 1.165) is 27.3 Å². The molecule has 0 aliphatic heterocycles. The first-order valence-corrected chi connectivity index (χ1v) is 16.1. The minimum absolute atomic E-state index is 0.0103. The number of carbonyl (C=O) groups is 2. The molecule has 41 heavy (non-hydrogen) atoms. The number of nitrogens with one attached hydrogen (secondary N) is 1. The number of hydrogen-bond donors (Lipinski definition) is 1. The molecule has 0 bridgehead atoms. The summed E-state index contributed by atoms with van der Waals surface area (Å²) in [6.45, 7) is 5.26. The minimum Gasteiger partial charge on any atom is -0.352 e. The van der Waals surface area contributed by atoms with Gasteiger partial charge in [-0.05, 0) is 43.5 Å². The summed E-state index contributed by atoms with van der Waals surface area (Å²) >= 11 is 18.6. The van der Waals surface area contributed by atoms with Crippen LogP contribution in [0.2, 0.25) is 15.1 Å². The van der Waals surface area contributed by atoms with Gasteiger partial charge in [0.1, 0.15) is 12.6 Å². The summed E-state index contributed by atoms with van der Waals surface area (Å²) in [6.07, 6.45) is 1.90. The monoisotopic (exact) mass is 637 g/mol. The van der Waals surface area contributed by atoms with Gasteiger partial charge in [-0.3, -0.25) is 13.9 Å². The first-order chi connectivity index (χ1) is 19.3. The van der Waals surface area contributed by atoms with E-state index >= 15 is 0 Å². The van der Waals surface area contributed by atoms with Crippen LogP contribution in [0.4, 0.5) is 5.69 Å². The van der Waals surface area contributed by atoms with E-state index in [0.29, 0.717) is 6.42 Å². The Morgan fingerprint density at radius 3 is 2.15 bits per heavy atom. The van der Waals surface area contributed by atoms with Gasteiger partial charge in [-0.15, -0.1) is 0 Å². The van der Waals surface area contributed by atoms with Crippen molar-refractivity contribution in [2.75, 3.05) is 17.1 Å². The van der Waals surface area contributed by atoms with Gasteiger partial charge in [-0.25, -0.2) is 8.42 Å². The quantitative estimate of drug-likeness (QED) is 0.237. The first-order valence-electron chi connectivity index (χ1n) is 13.1. The molecule has 0 radical (unpaired) electrons. The highest BCUT2D eigenvalue weighted by molar-refractivity contribution is 7.92. The van der Waals surface area contributed by atoms with Crippen molar-refractivity contribution in [3.05, 3.63) is 98.5 Å². The standard InChI is InChI=1S/C30H34Cl3N3O4S/c1-5-21(3)34-30(38)28(15-22-11-7-6-8-12-22)35(18-23-13-9-10-20(2)14-23)29(37)19-36(41(4,39)40)27-17-25(32)24(31)16-26(27)33/h6-14,16-17,21,28H,5,15,18-19H2,1-4H3,(H,34,38)/t21-,28-/m0/s1. The van der Waals surface area contributed by atoms with E-state index in [1.54, 1.807) is 0 Å². The van der Waals surface area contributed by atoms with E-state index in [1.165, 1.54) is 17.0 Å². The van der Waals surface area contributed by atoms with Gasteiger partial charge in [-0.2, -0.15) is 0 Å². The number of amides is 2. The Balaban J connectivity index is 2.10. The molecule has 2 amide bonds. The van der Waals surface area contributed by atoms with Gasteiger partial charge < -0.3 is 10.2 Å². The largest absolute Gasteiger partial charge is 0.352 e. The normalized spacial score (nSPS) is 12.9. The van der Waals surface area contributed by atoms with Crippen molar-refractivity contribution in [1.82, 2.24) is 10.2 Å². The Hall–Kier alpha value is -2.78. The summed E-state index contributed by atoms with van der Waals surface area (Å²) < 4.78 is 26.8. The highest BCUT2D eigenvalue weighted by Crippen LogP contribution is 2.35. The number of carbonyl (C=O) groups excluding carboxylic acids is 2. The van der Waals surface area contributed by atoms with E-state index in [1.807, 2.05) is 75.4 Å². The van der Waals surface area contributed by atoms with Crippen LogP contribution in [0.15, 0.2) is 66.7 Å². The van der Waals surface area contributed by atoms with Crippen LogP contribution >= 0.6 is 34.8 Å². The maximum absolute atomic E-state index is 14.2. The van der Waals surface area contributed by atoms with Gasteiger partial charge in [0, 0.05) is 19.0 Å². The third-order valence-corrected chi connectivity index (χ3v) is 8.80. The average molecular weight is 639 g/mol. The number of sulfonamides is 1. The molecule has 7 nitrogen and oxygen atoms in total. The van der Waals surface area contributed by atoms with Gasteiger partial charge in [0.2, 0.25) is 21.8 Å². The number of anilines is 1. The second-order valence-corrected chi connectivity index (χ2v) is 13.1. The minimum atomic E-state index is -4.01. The molecular formula is C30H34Cl3N3O4S. The third kappa shape index (κ3) is 9.10. The molecule has 2 atom stereocenters. The maximum Gasteiger partial charge on any atom is 0.244 e. The van der Waals surface area contributed by atoms with Gasteiger partial charge in [0.25, 0.3) is 0 Å². The van der Waals surface area contributed by atoms with Crippen LogP contribution in [-0.2, 0) is 32.6 Å². The molecule has 11 heteroatoms.